The van der Waals surface area contributed by atoms with Crippen LogP contribution in [0.3, 0.4) is 0 Å². The Hall–Kier alpha value is -1.65. The van der Waals surface area contributed by atoms with Gasteiger partial charge in [0.05, 0.1) is 0 Å². The standard InChI is InChI=1S/C24H35N5OS.HI/c1-3-25-24(26-14-13-22(30)27-17-19-9-5-4-6-10-19)28-18-20-11-7-15-29(2)23(20)21-12-8-16-31-21;/h4-6,8-10,12,16,20,23H,3,7,11,13-15,17-18H2,1-2H3,(H,27,30)(H2,25,26,28);1H. The molecule has 3 rings (SSSR count). The maximum Gasteiger partial charge on any atom is 0.222 e. The summed E-state index contributed by atoms with van der Waals surface area (Å²) in [6.45, 7) is 5.90. The van der Waals surface area contributed by atoms with Crippen molar-refractivity contribution in [1.82, 2.24) is 20.9 Å². The second kappa shape index (κ2) is 14.5. The number of nitrogens with zero attached hydrogens (tertiary/aromatic N) is 2. The summed E-state index contributed by atoms with van der Waals surface area (Å²) in [6, 6.07) is 14.8. The monoisotopic (exact) mass is 569 g/mol. The molecule has 1 aliphatic rings. The third kappa shape index (κ3) is 8.37. The summed E-state index contributed by atoms with van der Waals surface area (Å²) >= 11 is 1.84. The van der Waals surface area contributed by atoms with Gasteiger partial charge in [-0.2, -0.15) is 0 Å². The number of guanidine groups is 1. The number of amides is 1. The van der Waals surface area contributed by atoms with Gasteiger partial charge in [0.25, 0.3) is 0 Å². The van der Waals surface area contributed by atoms with E-state index >= 15 is 0 Å². The second-order valence-electron chi connectivity index (χ2n) is 8.00. The predicted molar refractivity (Wildman–Crippen MR) is 145 cm³/mol. The zero-order chi connectivity index (χ0) is 21.9. The normalized spacial score (nSPS) is 19.1. The van der Waals surface area contributed by atoms with E-state index in [1.54, 1.807) is 0 Å². The van der Waals surface area contributed by atoms with Gasteiger partial charge >= 0.3 is 0 Å². The Balaban J connectivity index is 0.00000363. The van der Waals surface area contributed by atoms with Crippen molar-refractivity contribution >= 4 is 47.2 Å². The van der Waals surface area contributed by atoms with Crippen LogP contribution in [0.2, 0.25) is 0 Å². The molecule has 2 aromatic rings. The fourth-order valence-corrected chi connectivity index (χ4v) is 5.07. The number of nitrogens with one attached hydrogen (secondary N) is 3. The van der Waals surface area contributed by atoms with Crippen LogP contribution < -0.4 is 16.0 Å². The number of aliphatic imine (C=N–C) groups is 1. The van der Waals surface area contributed by atoms with Crippen molar-refractivity contribution in [3.05, 3.63) is 58.3 Å². The number of likely N-dealkylation sites (tertiary alicyclic amines) is 1. The summed E-state index contributed by atoms with van der Waals surface area (Å²) < 4.78 is 0. The molecule has 0 spiro atoms. The molecule has 1 saturated heterocycles. The van der Waals surface area contributed by atoms with Gasteiger partial charge in [-0.05, 0) is 56.3 Å². The number of halogens is 1. The molecule has 1 aliphatic heterocycles. The number of carbonyl (C=O) groups excluding carboxylic acids is 1. The Labute approximate surface area is 213 Å². The fraction of sp³-hybridized carbons (Fsp3) is 0.500. The molecule has 32 heavy (non-hydrogen) atoms. The molecule has 1 fully saturated rings. The SMILES string of the molecule is CCNC(=NCC1CCCN(C)C1c1cccs1)NCCC(=O)NCc1ccccc1.I. The second-order valence-corrected chi connectivity index (χ2v) is 8.98. The first-order valence-electron chi connectivity index (χ1n) is 11.2. The minimum Gasteiger partial charge on any atom is -0.357 e. The molecule has 1 aromatic carbocycles. The first-order chi connectivity index (χ1) is 15.2. The highest BCUT2D eigenvalue weighted by Crippen LogP contribution is 2.37. The number of hydrogen-bond donors (Lipinski definition) is 3. The summed E-state index contributed by atoms with van der Waals surface area (Å²) in [6.07, 6.45) is 2.82. The summed E-state index contributed by atoms with van der Waals surface area (Å²) in [7, 11) is 2.22. The molecule has 176 valence electrons. The predicted octanol–water partition coefficient (Wildman–Crippen LogP) is 4.01. The highest BCUT2D eigenvalue weighted by molar-refractivity contribution is 14.0. The lowest BCUT2D eigenvalue weighted by molar-refractivity contribution is -0.121. The third-order valence-corrected chi connectivity index (χ3v) is 6.59. The Bertz CT molecular complexity index is 815. The van der Waals surface area contributed by atoms with Crippen LogP contribution in [-0.2, 0) is 11.3 Å². The summed E-state index contributed by atoms with van der Waals surface area (Å²) in [5.74, 6) is 1.33. The number of thiophene rings is 1. The van der Waals surface area contributed by atoms with Crippen LogP contribution in [0.1, 0.15) is 42.7 Å². The van der Waals surface area contributed by atoms with E-state index in [0.717, 1.165) is 31.2 Å². The molecule has 2 heterocycles. The molecule has 1 aromatic heterocycles. The summed E-state index contributed by atoms with van der Waals surface area (Å²) in [5.41, 5.74) is 1.11. The molecule has 2 atom stereocenters. The van der Waals surface area contributed by atoms with Gasteiger partial charge < -0.3 is 16.0 Å². The van der Waals surface area contributed by atoms with Crippen molar-refractivity contribution in [1.29, 1.82) is 0 Å². The molecule has 1 amide bonds. The van der Waals surface area contributed by atoms with Gasteiger partial charge in [0, 0.05) is 43.5 Å². The molecule has 0 saturated carbocycles. The molecule has 8 heteroatoms. The van der Waals surface area contributed by atoms with Crippen LogP contribution in [0.4, 0.5) is 0 Å². The minimum atomic E-state index is 0. The first-order valence-corrected chi connectivity index (χ1v) is 12.1. The molecule has 2 unspecified atom stereocenters. The van der Waals surface area contributed by atoms with E-state index in [0.29, 0.717) is 31.5 Å². The summed E-state index contributed by atoms with van der Waals surface area (Å²) in [4.78, 5) is 20.9. The van der Waals surface area contributed by atoms with E-state index in [-0.39, 0.29) is 29.9 Å². The van der Waals surface area contributed by atoms with Crippen LogP contribution in [0.25, 0.3) is 0 Å². The Morgan fingerprint density at radius 1 is 1.16 bits per heavy atom. The smallest absolute Gasteiger partial charge is 0.222 e. The zero-order valence-electron chi connectivity index (χ0n) is 19.0. The van der Waals surface area contributed by atoms with Gasteiger partial charge in [0.1, 0.15) is 0 Å². The minimum absolute atomic E-state index is 0. The molecule has 0 bridgehead atoms. The first kappa shape index (κ1) is 26.6. The zero-order valence-corrected chi connectivity index (χ0v) is 22.2. The van der Waals surface area contributed by atoms with E-state index in [1.807, 2.05) is 41.7 Å². The number of piperidine rings is 1. The van der Waals surface area contributed by atoms with Crippen LogP contribution in [0.5, 0.6) is 0 Å². The van der Waals surface area contributed by atoms with Crippen molar-refractivity contribution in [3.8, 4) is 0 Å². The Kier molecular flexibility index (Phi) is 12.0. The largest absolute Gasteiger partial charge is 0.357 e. The molecule has 6 nitrogen and oxygen atoms in total. The van der Waals surface area contributed by atoms with E-state index in [1.165, 1.54) is 17.7 Å². The quantitative estimate of drug-likeness (QED) is 0.243. The van der Waals surface area contributed by atoms with E-state index in [2.05, 4.69) is 52.3 Å². The van der Waals surface area contributed by atoms with Crippen LogP contribution in [0.15, 0.2) is 52.8 Å². The van der Waals surface area contributed by atoms with Gasteiger partial charge in [-0.1, -0.05) is 36.4 Å². The van der Waals surface area contributed by atoms with Crippen molar-refractivity contribution in [2.24, 2.45) is 10.9 Å². The van der Waals surface area contributed by atoms with E-state index in [4.69, 9.17) is 4.99 Å². The maximum absolute atomic E-state index is 12.2. The Morgan fingerprint density at radius 3 is 2.69 bits per heavy atom. The van der Waals surface area contributed by atoms with Crippen LogP contribution >= 0.6 is 35.3 Å². The topological polar surface area (TPSA) is 68.8 Å². The van der Waals surface area contributed by atoms with E-state index in [9.17, 15) is 4.79 Å². The third-order valence-electron chi connectivity index (χ3n) is 5.65. The average Bonchev–Trinajstić information content (AvgIpc) is 3.31. The van der Waals surface area contributed by atoms with Gasteiger partial charge in [-0.25, -0.2) is 0 Å². The van der Waals surface area contributed by atoms with Gasteiger partial charge in [0.2, 0.25) is 5.91 Å². The lowest BCUT2D eigenvalue weighted by Gasteiger charge is -2.38. The lowest BCUT2D eigenvalue weighted by atomic mass is 9.88. The van der Waals surface area contributed by atoms with Crippen molar-refractivity contribution < 1.29 is 4.79 Å². The van der Waals surface area contributed by atoms with E-state index < -0.39 is 0 Å². The number of hydrogen-bond acceptors (Lipinski definition) is 4. The van der Waals surface area contributed by atoms with Crippen LogP contribution in [-0.4, -0.2) is 50.0 Å². The molecule has 0 radical (unpaired) electrons. The van der Waals surface area contributed by atoms with Crippen molar-refractivity contribution in [2.45, 2.75) is 38.8 Å². The average molecular weight is 570 g/mol. The van der Waals surface area contributed by atoms with Crippen molar-refractivity contribution in [3.63, 3.8) is 0 Å². The maximum atomic E-state index is 12.2. The number of rotatable bonds is 9. The molecule has 0 aliphatic carbocycles. The number of carbonyl (C=O) groups is 1. The Morgan fingerprint density at radius 2 is 1.97 bits per heavy atom. The lowest BCUT2D eigenvalue weighted by Crippen LogP contribution is -2.41. The fourth-order valence-electron chi connectivity index (χ4n) is 4.09. The van der Waals surface area contributed by atoms with Gasteiger partial charge in [0.15, 0.2) is 5.96 Å². The van der Waals surface area contributed by atoms with Crippen LogP contribution in [0, 0.1) is 5.92 Å². The molecular formula is C24H36IN5OS. The van der Waals surface area contributed by atoms with Gasteiger partial charge in [-0.15, -0.1) is 35.3 Å². The highest BCUT2D eigenvalue weighted by atomic mass is 127. The molecule has 3 N–H and O–H groups in total. The van der Waals surface area contributed by atoms with Crippen molar-refractivity contribution in [2.75, 3.05) is 33.2 Å². The number of benzene rings is 1. The molecular weight excluding hydrogens is 533 g/mol. The summed E-state index contributed by atoms with van der Waals surface area (Å²) in [5, 5.41) is 11.8. The van der Waals surface area contributed by atoms with Gasteiger partial charge in [-0.3, -0.25) is 14.7 Å². The highest BCUT2D eigenvalue weighted by Gasteiger charge is 2.31.